The standard InChI is InChI=1S/C12N12O6/c25-19-7-8(20-26)14-2-1(13-7)3-5(16-10(22-28)9(15-3)21-27)6-4(2)17-11(23-29)12(18-6)24-30. The first-order valence-corrected chi connectivity index (χ1v) is 7.37. The lowest BCUT2D eigenvalue weighted by Gasteiger charge is -2.08. The van der Waals surface area contributed by atoms with Gasteiger partial charge in [0.25, 0.3) is 0 Å². The van der Waals surface area contributed by atoms with Crippen molar-refractivity contribution in [3.05, 3.63) is 29.4 Å². The van der Waals surface area contributed by atoms with Crippen LogP contribution in [0, 0.1) is 29.4 Å². The Morgan fingerprint density at radius 1 is 0.300 bits per heavy atom. The third-order valence-electron chi connectivity index (χ3n) is 3.77. The molecule has 0 bridgehead atoms. The molecule has 18 nitrogen and oxygen atoms in total. The number of benzene rings is 1. The van der Waals surface area contributed by atoms with E-state index in [0.717, 1.165) is 0 Å². The normalized spacial score (nSPS) is 10.8. The van der Waals surface area contributed by atoms with Crippen LogP contribution in [-0.2, 0) is 0 Å². The van der Waals surface area contributed by atoms with Gasteiger partial charge in [-0.3, -0.25) is 0 Å². The van der Waals surface area contributed by atoms with Gasteiger partial charge in [-0.05, 0) is 31.1 Å². The highest BCUT2D eigenvalue weighted by molar-refractivity contribution is 6.19. The molecule has 144 valence electrons. The van der Waals surface area contributed by atoms with E-state index in [9.17, 15) is 29.4 Å². The summed E-state index contributed by atoms with van der Waals surface area (Å²) in [5.41, 5.74) is -1.71. The summed E-state index contributed by atoms with van der Waals surface area (Å²) < 4.78 is 0. The molecule has 0 aliphatic rings. The highest BCUT2D eigenvalue weighted by atomic mass is 16.3. The van der Waals surface area contributed by atoms with Crippen LogP contribution in [0.1, 0.15) is 0 Å². The van der Waals surface area contributed by atoms with Crippen LogP contribution in [0.15, 0.2) is 31.1 Å². The van der Waals surface area contributed by atoms with Gasteiger partial charge in [-0.25, -0.2) is 29.9 Å². The molecule has 0 amide bonds. The van der Waals surface area contributed by atoms with Gasteiger partial charge in [0.2, 0.25) is 34.9 Å². The van der Waals surface area contributed by atoms with Crippen molar-refractivity contribution in [3.8, 4) is 0 Å². The van der Waals surface area contributed by atoms with Crippen LogP contribution in [0.4, 0.5) is 34.9 Å². The van der Waals surface area contributed by atoms with Gasteiger partial charge in [0, 0.05) is 0 Å². The zero-order valence-electron chi connectivity index (χ0n) is 13.8. The number of hydrogen-bond acceptors (Lipinski definition) is 18. The molecule has 1 aromatic carbocycles. The van der Waals surface area contributed by atoms with Crippen molar-refractivity contribution < 1.29 is 0 Å². The first-order valence-electron chi connectivity index (χ1n) is 7.37. The summed E-state index contributed by atoms with van der Waals surface area (Å²) in [7, 11) is 0. The largest absolute Gasteiger partial charge is 0.246 e. The molecule has 0 unspecified atom stereocenters. The summed E-state index contributed by atoms with van der Waals surface area (Å²) in [6.07, 6.45) is 0. The molecule has 0 saturated heterocycles. The van der Waals surface area contributed by atoms with E-state index in [2.05, 4.69) is 61.0 Å². The van der Waals surface area contributed by atoms with Gasteiger partial charge in [0.1, 0.15) is 33.1 Å². The maximum Gasteiger partial charge on any atom is 0.246 e. The first kappa shape index (κ1) is 18.2. The average molecular weight is 408 g/mol. The van der Waals surface area contributed by atoms with E-state index in [1.807, 2.05) is 0 Å². The average Bonchev–Trinajstić information content (AvgIpc) is 2.81. The van der Waals surface area contributed by atoms with Gasteiger partial charge in [-0.1, -0.05) is 0 Å². The van der Waals surface area contributed by atoms with Crippen molar-refractivity contribution >= 4 is 68.0 Å². The minimum absolute atomic E-state index is 0.285. The molecule has 30 heavy (non-hydrogen) atoms. The van der Waals surface area contributed by atoms with Crippen LogP contribution in [-0.4, -0.2) is 29.9 Å². The molecule has 4 aromatic rings. The Hall–Kier alpha value is -5.16. The second-order valence-electron chi connectivity index (χ2n) is 5.25. The molecular formula is C12N12O6. The molecule has 0 N–H and O–H groups in total. The number of fused-ring (bicyclic) bond motifs is 6. The second-order valence-corrected chi connectivity index (χ2v) is 5.25. The zero-order chi connectivity index (χ0) is 21.4. The lowest BCUT2D eigenvalue weighted by Crippen LogP contribution is -1.97. The van der Waals surface area contributed by atoms with Crippen molar-refractivity contribution in [2.24, 2.45) is 31.1 Å². The second kappa shape index (κ2) is 6.78. The lowest BCUT2D eigenvalue weighted by molar-refractivity contribution is 1.17. The Morgan fingerprint density at radius 3 is 0.533 bits per heavy atom. The summed E-state index contributed by atoms with van der Waals surface area (Å²) in [6, 6.07) is 0. The summed E-state index contributed by atoms with van der Waals surface area (Å²) in [5.74, 6) is -4.38. The van der Waals surface area contributed by atoms with Gasteiger partial charge in [0.05, 0.1) is 0 Å². The van der Waals surface area contributed by atoms with Crippen LogP contribution in [0.3, 0.4) is 0 Å². The molecule has 0 atom stereocenters. The lowest BCUT2D eigenvalue weighted by atomic mass is 10.2. The van der Waals surface area contributed by atoms with Crippen molar-refractivity contribution in [1.82, 2.24) is 29.9 Å². The molecule has 0 aliphatic heterocycles. The van der Waals surface area contributed by atoms with E-state index in [1.54, 1.807) is 0 Å². The van der Waals surface area contributed by atoms with E-state index in [0.29, 0.717) is 0 Å². The summed E-state index contributed by atoms with van der Waals surface area (Å²) in [4.78, 5) is 88.9. The maximum absolute atomic E-state index is 11.0. The van der Waals surface area contributed by atoms with Gasteiger partial charge in [0.15, 0.2) is 0 Å². The number of aromatic nitrogens is 6. The molecular weight excluding hydrogens is 408 g/mol. The van der Waals surface area contributed by atoms with Crippen LogP contribution in [0.2, 0.25) is 0 Å². The van der Waals surface area contributed by atoms with Crippen molar-refractivity contribution in [2.45, 2.75) is 0 Å². The quantitative estimate of drug-likeness (QED) is 0.325. The predicted octanol–water partition coefficient (Wildman–Crippen LogP) is 3.90. The fourth-order valence-electron chi connectivity index (χ4n) is 2.61. The smallest absolute Gasteiger partial charge is 0.218 e. The minimum atomic E-state index is -0.731. The van der Waals surface area contributed by atoms with Crippen LogP contribution < -0.4 is 0 Å². The van der Waals surface area contributed by atoms with E-state index >= 15 is 0 Å². The predicted molar refractivity (Wildman–Crippen MR) is 98.5 cm³/mol. The van der Waals surface area contributed by atoms with Crippen molar-refractivity contribution in [2.75, 3.05) is 0 Å². The topological polar surface area (TPSA) is 254 Å². The third kappa shape index (κ3) is 2.44. The van der Waals surface area contributed by atoms with Crippen LogP contribution in [0.5, 0.6) is 0 Å². The van der Waals surface area contributed by atoms with Crippen LogP contribution >= 0.6 is 0 Å². The van der Waals surface area contributed by atoms with Gasteiger partial charge in [-0.2, -0.15) is 0 Å². The van der Waals surface area contributed by atoms with Crippen molar-refractivity contribution in [1.29, 1.82) is 0 Å². The van der Waals surface area contributed by atoms with E-state index < -0.39 is 34.9 Å². The summed E-state index contributed by atoms with van der Waals surface area (Å²) in [5, 5.41) is 15.2. The third-order valence-corrected chi connectivity index (χ3v) is 3.77. The summed E-state index contributed by atoms with van der Waals surface area (Å²) in [6.45, 7) is 0. The van der Waals surface area contributed by atoms with Gasteiger partial charge >= 0.3 is 0 Å². The van der Waals surface area contributed by atoms with Crippen LogP contribution in [0.25, 0.3) is 33.1 Å². The number of nitroso groups, excluding NO2 is 6. The number of rotatable bonds is 6. The molecule has 0 fully saturated rings. The Labute approximate surface area is 159 Å². The summed E-state index contributed by atoms with van der Waals surface area (Å²) >= 11 is 0. The Bertz CT molecular complexity index is 1160. The highest BCUT2D eigenvalue weighted by Crippen LogP contribution is 2.38. The molecule has 3 aromatic heterocycles. The molecule has 3 heterocycles. The van der Waals surface area contributed by atoms with Gasteiger partial charge in [-0.15, -0.1) is 29.4 Å². The van der Waals surface area contributed by atoms with E-state index in [4.69, 9.17) is 0 Å². The molecule has 0 radical (unpaired) electrons. The highest BCUT2D eigenvalue weighted by Gasteiger charge is 2.24. The fourth-order valence-corrected chi connectivity index (χ4v) is 2.61. The SMILES string of the molecule is O=Nc1nc2c3nc(N=O)c(N=O)nc3c3nc(N=O)c(N=O)nc3c2nc1N=O. The Balaban J connectivity index is 2.39. The molecule has 0 saturated carbocycles. The first-order chi connectivity index (χ1) is 14.6. The number of nitrogens with zero attached hydrogens (tertiary/aromatic N) is 12. The molecule has 18 heteroatoms. The van der Waals surface area contributed by atoms with E-state index in [-0.39, 0.29) is 33.1 Å². The Kier molecular flexibility index (Phi) is 4.11. The molecule has 0 aliphatic carbocycles. The molecule has 0 spiro atoms. The minimum Gasteiger partial charge on any atom is -0.218 e. The van der Waals surface area contributed by atoms with Crippen molar-refractivity contribution in [3.63, 3.8) is 0 Å². The Morgan fingerprint density at radius 2 is 0.433 bits per heavy atom. The zero-order valence-corrected chi connectivity index (χ0v) is 13.8. The number of hydrogen-bond donors (Lipinski definition) is 0. The van der Waals surface area contributed by atoms with E-state index in [1.165, 1.54) is 0 Å². The van der Waals surface area contributed by atoms with Gasteiger partial charge < -0.3 is 0 Å². The fraction of sp³-hybridized carbons (Fsp3) is 0. The molecule has 4 rings (SSSR count). The monoisotopic (exact) mass is 408 g/mol. The maximum atomic E-state index is 11.0.